The molecule has 0 saturated carbocycles. The van der Waals surface area contributed by atoms with Crippen LogP contribution in [0.1, 0.15) is 81.9 Å². The van der Waals surface area contributed by atoms with Gasteiger partial charge in [-0.15, -0.1) is 14.1 Å². The lowest BCUT2D eigenvalue weighted by Crippen LogP contribution is -2.27. The Morgan fingerprint density at radius 2 is 1.55 bits per heavy atom. The smallest absolute Gasteiger partial charge is 0.342 e. The molecule has 0 aliphatic rings. The summed E-state index contributed by atoms with van der Waals surface area (Å²) < 4.78 is 8.90. The van der Waals surface area contributed by atoms with Gasteiger partial charge in [-0.2, -0.15) is 0 Å². The molecule has 2 heterocycles. The van der Waals surface area contributed by atoms with Crippen LogP contribution in [0, 0.1) is 5.41 Å². The summed E-state index contributed by atoms with van der Waals surface area (Å²) in [6.45, 7) is 19.1. The van der Waals surface area contributed by atoms with Crippen molar-refractivity contribution >= 4 is 17.0 Å². The van der Waals surface area contributed by atoms with E-state index in [1.807, 2.05) is 38.3 Å². The van der Waals surface area contributed by atoms with Gasteiger partial charge in [-0.25, -0.2) is 4.79 Å². The summed E-state index contributed by atoms with van der Waals surface area (Å²) >= 11 is 0. The van der Waals surface area contributed by atoms with Gasteiger partial charge in [0.25, 0.3) is 0 Å². The summed E-state index contributed by atoms with van der Waals surface area (Å²) in [5, 5.41) is 11.8. The number of rotatable bonds is 7. The van der Waals surface area contributed by atoms with Crippen molar-refractivity contribution in [3.63, 3.8) is 0 Å². The quantitative estimate of drug-likeness (QED) is 0.182. The molecule has 38 heavy (non-hydrogen) atoms. The maximum atomic E-state index is 12.2. The number of nitrogens with zero attached hydrogens (tertiary/aromatic N) is 3. The number of esters is 1. The monoisotopic (exact) mass is 511 g/mol. The van der Waals surface area contributed by atoms with Crippen LogP contribution in [0.25, 0.3) is 16.7 Å². The normalized spacial score (nSPS) is 13.0. The Balaban J connectivity index is 1.70. The number of aromatic hydroxyl groups is 1. The highest BCUT2D eigenvalue weighted by Gasteiger charge is 2.36. The van der Waals surface area contributed by atoms with Crippen LogP contribution >= 0.6 is 0 Å². The van der Waals surface area contributed by atoms with Gasteiger partial charge >= 0.3 is 5.97 Å². The van der Waals surface area contributed by atoms with Gasteiger partial charge in [0.2, 0.25) is 0 Å². The lowest BCUT2D eigenvalue weighted by Gasteiger charge is -2.35. The van der Waals surface area contributed by atoms with Crippen molar-refractivity contribution in [1.29, 1.82) is 0 Å². The Morgan fingerprint density at radius 3 is 2.18 bits per heavy atom. The van der Waals surface area contributed by atoms with Crippen molar-refractivity contribution in [3.05, 3.63) is 95.8 Å². The molecule has 0 amide bonds. The number of aromatic nitrogens is 3. The first-order chi connectivity index (χ1) is 17.8. The zero-order valence-electron chi connectivity index (χ0n) is 23.4. The standard InChI is InChI=1S/C32H37N3O3/c1-9-38-29(37)21-15-16-25-26(17-21)34-33(25)35(34)27-19-23(31(5,6)20-30(2,3)4)18-24(28(27)36)32(7,8)22-13-11-10-12-14-22/h9-19,36H,1,20H2,2-8H3. The molecular formula is C32H37N3O3. The molecular weight excluding hydrogens is 474 g/mol. The number of carbonyl (C=O) groups excluding carboxylic acids is 1. The minimum atomic E-state index is -0.449. The van der Waals surface area contributed by atoms with Gasteiger partial charge in [-0.05, 0) is 52.6 Å². The topological polar surface area (TPSA) is 60.3 Å². The average Bonchev–Trinajstić information content (AvgIpc) is 3.50. The average molecular weight is 512 g/mol. The highest BCUT2D eigenvalue weighted by molar-refractivity contribution is 5.94. The van der Waals surface area contributed by atoms with Gasteiger partial charge in [-0.3, -0.25) is 0 Å². The molecule has 0 unspecified atom stereocenters. The fraction of sp³-hybridized carbons (Fsp3) is 0.344. The Labute approximate surface area is 224 Å². The predicted molar refractivity (Wildman–Crippen MR) is 152 cm³/mol. The predicted octanol–water partition coefficient (Wildman–Crippen LogP) is 7.47. The van der Waals surface area contributed by atoms with Crippen molar-refractivity contribution < 1.29 is 14.6 Å². The molecule has 6 heteroatoms. The van der Waals surface area contributed by atoms with Crippen LogP contribution in [-0.4, -0.2) is 25.1 Å². The highest BCUT2D eigenvalue weighted by Crippen LogP contribution is 2.45. The summed E-state index contributed by atoms with van der Waals surface area (Å²) in [7, 11) is 0. The summed E-state index contributed by atoms with van der Waals surface area (Å²) in [6.07, 6.45) is 2.12. The number of hydrogen-bond acceptors (Lipinski definition) is 3. The van der Waals surface area contributed by atoms with Gasteiger partial charge in [-0.1, -0.05) is 91.4 Å². The van der Waals surface area contributed by atoms with E-state index >= 15 is 0 Å². The molecule has 3 aromatic carbocycles. The zero-order chi connectivity index (χ0) is 27.6. The number of ether oxygens (including phenoxy) is 1. The second-order valence-electron chi connectivity index (χ2n) is 12.6. The molecule has 198 valence electrons. The molecule has 0 aliphatic heterocycles. The van der Waals surface area contributed by atoms with E-state index in [0.29, 0.717) is 5.56 Å². The van der Waals surface area contributed by atoms with Crippen LogP contribution in [0.15, 0.2) is 73.5 Å². The van der Waals surface area contributed by atoms with Gasteiger partial charge in [0.1, 0.15) is 22.5 Å². The first kappa shape index (κ1) is 25.7. The molecule has 1 N–H and O–H groups in total. The maximum absolute atomic E-state index is 12.2. The van der Waals surface area contributed by atoms with E-state index in [4.69, 9.17) is 4.74 Å². The number of carbonyl (C=O) groups is 1. The molecule has 0 spiro atoms. The van der Waals surface area contributed by atoms with E-state index in [0.717, 1.165) is 40.5 Å². The zero-order valence-corrected chi connectivity index (χ0v) is 23.4. The van der Waals surface area contributed by atoms with E-state index in [1.54, 1.807) is 12.1 Å². The third kappa shape index (κ3) is 4.18. The van der Waals surface area contributed by atoms with Crippen LogP contribution in [0.5, 0.6) is 5.75 Å². The first-order valence-corrected chi connectivity index (χ1v) is 13.1. The second kappa shape index (κ2) is 8.55. The summed E-state index contributed by atoms with van der Waals surface area (Å²) in [6, 6.07) is 20.0. The van der Waals surface area contributed by atoms with Gasteiger partial charge < -0.3 is 9.84 Å². The largest absolute Gasteiger partial charge is 0.505 e. The Bertz CT molecular complexity index is 1640. The fourth-order valence-electron chi connectivity index (χ4n) is 5.90. The van der Waals surface area contributed by atoms with Crippen LogP contribution < -0.4 is 0 Å². The molecule has 6 nitrogen and oxygen atoms in total. The maximum Gasteiger partial charge on any atom is 0.342 e. The molecule has 0 aliphatic carbocycles. The number of phenolic OH excluding ortho intramolecular Hbond substituents is 1. The Hall–Kier alpha value is -3.93. The second-order valence-corrected chi connectivity index (χ2v) is 12.6. The van der Waals surface area contributed by atoms with Gasteiger partial charge in [0, 0.05) is 11.0 Å². The van der Waals surface area contributed by atoms with E-state index < -0.39 is 11.4 Å². The van der Waals surface area contributed by atoms with E-state index in [-0.39, 0.29) is 16.6 Å². The fourth-order valence-corrected chi connectivity index (χ4v) is 5.90. The number of fused-ring (bicyclic) bond motifs is 4. The Kier molecular flexibility index (Phi) is 5.78. The Morgan fingerprint density at radius 1 is 0.895 bits per heavy atom. The molecule has 0 atom stereocenters. The van der Waals surface area contributed by atoms with Crippen LogP contribution in [-0.2, 0) is 15.6 Å². The highest BCUT2D eigenvalue weighted by atomic mass is 16.5. The summed E-state index contributed by atoms with van der Waals surface area (Å²) in [5.41, 5.74) is 5.77. The minimum Gasteiger partial charge on any atom is -0.505 e. The number of phenols is 1. The van der Waals surface area contributed by atoms with Crippen molar-refractivity contribution in [1.82, 2.24) is 14.1 Å². The third-order valence-electron chi connectivity index (χ3n) is 7.57. The summed E-state index contributed by atoms with van der Waals surface area (Å²) in [5.74, 6) is -0.198. The van der Waals surface area contributed by atoms with Crippen LogP contribution in [0.3, 0.4) is 0 Å². The molecule has 5 rings (SSSR count). The molecule has 2 aromatic heterocycles. The number of benzene rings is 3. The van der Waals surface area contributed by atoms with Gasteiger partial charge in [0.05, 0.1) is 11.8 Å². The SMILES string of the molecule is C=COC(=O)c1ccc2c(c1)n1n(-c3cc(C(C)(C)CC(C)(C)C)cc(C(C)(C)c4ccccc4)c3O)n21. The lowest BCUT2D eigenvalue weighted by molar-refractivity contribution is 0.0664. The van der Waals surface area contributed by atoms with E-state index in [2.05, 4.69) is 79.3 Å². The van der Waals surface area contributed by atoms with Crippen molar-refractivity contribution in [2.75, 3.05) is 0 Å². The van der Waals surface area contributed by atoms with Crippen LogP contribution in [0.2, 0.25) is 0 Å². The third-order valence-corrected chi connectivity index (χ3v) is 7.57. The van der Waals surface area contributed by atoms with Crippen molar-refractivity contribution in [2.45, 2.75) is 65.7 Å². The molecule has 5 aromatic rings. The van der Waals surface area contributed by atoms with Gasteiger partial charge in [0.15, 0.2) is 0 Å². The van der Waals surface area contributed by atoms with E-state index in [9.17, 15) is 9.90 Å². The van der Waals surface area contributed by atoms with E-state index in [1.165, 1.54) is 5.56 Å². The molecule has 0 bridgehead atoms. The van der Waals surface area contributed by atoms with Crippen LogP contribution in [0.4, 0.5) is 0 Å². The molecule has 0 fully saturated rings. The number of hydrogen-bond donors (Lipinski definition) is 1. The molecule has 0 radical (unpaired) electrons. The molecule has 0 saturated heterocycles. The lowest BCUT2D eigenvalue weighted by atomic mass is 9.70. The van der Waals surface area contributed by atoms with Crippen molar-refractivity contribution in [3.8, 4) is 11.4 Å². The summed E-state index contributed by atoms with van der Waals surface area (Å²) in [4.78, 5) is 14.2. The first-order valence-electron chi connectivity index (χ1n) is 13.1. The van der Waals surface area contributed by atoms with Crippen molar-refractivity contribution in [2.24, 2.45) is 5.41 Å². The minimum absolute atomic E-state index is 0.129.